The summed E-state index contributed by atoms with van der Waals surface area (Å²) in [5.41, 5.74) is -1.03. The van der Waals surface area contributed by atoms with Crippen LogP contribution in [0, 0.1) is 10.1 Å². The Kier molecular flexibility index (Phi) is 3.40. The van der Waals surface area contributed by atoms with Crippen LogP contribution in [0.15, 0.2) is 10.5 Å². The van der Waals surface area contributed by atoms with Gasteiger partial charge in [0.15, 0.2) is 6.29 Å². The average Bonchev–Trinajstić information content (AvgIpc) is 2.17. The first kappa shape index (κ1) is 11.6. The molecule has 15 heavy (non-hydrogen) atoms. The minimum absolute atomic E-state index is 0.172. The van der Waals surface area contributed by atoms with Crippen LogP contribution in [0.25, 0.3) is 0 Å². The molecule has 0 fully saturated rings. The van der Waals surface area contributed by atoms with Crippen molar-refractivity contribution >= 4 is 28.0 Å². The van der Waals surface area contributed by atoms with Crippen molar-refractivity contribution in [2.75, 3.05) is 0 Å². The highest BCUT2D eigenvalue weighted by molar-refractivity contribution is 9.10. The van der Waals surface area contributed by atoms with E-state index in [-0.39, 0.29) is 6.29 Å². The number of aldehydes is 1. The van der Waals surface area contributed by atoms with E-state index in [0.717, 1.165) is 6.07 Å². The third kappa shape index (κ3) is 2.32. The van der Waals surface area contributed by atoms with Gasteiger partial charge in [0.2, 0.25) is 5.69 Å². The number of pyridine rings is 1. The zero-order valence-electron chi connectivity index (χ0n) is 6.99. The molecule has 0 N–H and O–H groups in total. The first-order valence-electron chi connectivity index (χ1n) is 3.55. The minimum atomic E-state index is -2.92. The van der Waals surface area contributed by atoms with E-state index in [1.165, 1.54) is 0 Å². The normalized spacial score (nSPS) is 10.4. The lowest BCUT2D eigenvalue weighted by atomic mass is 10.2. The third-order valence-corrected chi connectivity index (χ3v) is 2.33. The first-order valence-corrected chi connectivity index (χ1v) is 4.34. The quantitative estimate of drug-likeness (QED) is 0.484. The van der Waals surface area contributed by atoms with Crippen LogP contribution in [-0.4, -0.2) is 16.2 Å². The Morgan fingerprint density at radius 1 is 1.60 bits per heavy atom. The van der Waals surface area contributed by atoms with E-state index in [2.05, 4.69) is 20.9 Å². The zero-order valence-corrected chi connectivity index (χ0v) is 8.57. The Hall–Kier alpha value is -1.44. The van der Waals surface area contributed by atoms with Crippen LogP contribution in [0.3, 0.4) is 0 Å². The summed E-state index contributed by atoms with van der Waals surface area (Å²) in [5, 5.41) is 10.4. The lowest BCUT2D eigenvalue weighted by molar-refractivity contribution is -0.390. The fourth-order valence-electron chi connectivity index (χ4n) is 0.896. The maximum Gasteiger partial charge on any atom is 0.379 e. The molecule has 5 nitrogen and oxygen atoms in total. The molecule has 1 aromatic rings. The molecule has 0 aliphatic heterocycles. The van der Waals surface area contributed by atoms with E-state index in [0.29, 0.717) is 0 Å². The van der Waals surface area contributed by atoms with E-state index < -0.39 is 32.9 Å². The Morgan fingerprint density at radius 3 is 2.60 bits per heavy atom. The number of aromatic nitrogens is 1. The van der Waals surface area contributed by atoms with Gasteiger partial charge < -0.3 is 10.1 Å². The minimum Gasteiger partial charge on any atom is -0.358 e. The van der Waals surface area contributed by atoms with Gasteiger partial charge in [0.25, 0.3) is 6.43 Å². The van der Waals surface area contributed by atoms with Gasteiger partial charge in [0, 0.05) is 11.6 Å². The van der Waals surface area contributed by atoms with Crippen LogP contribution in [0.1, 0.15) is 22.5 Å². The molecule has 1 heterocycles. The Bertz CT molecular complexity index is 425. The lowest BCUT2D eigenvalue weighted by Gasteiger charge is -2.02. The second-order valence-corrected chi connectivity index (χ2v) is 3.24. The van der Waals surface area contributed by atoms with Crippen LogP contribution in [0.5, 0.6) is 0 Å². The van der Waals surface area contributed by atoms with Crippen molar-refractivity contribution < 1.29 is 18.5 Å². The largest absolute Gasteiger partial charge is 0.379 e. The van der Waals surface area contributed by atoms with Gasteiger partial charge in [0.1, 0.15) is 4.47 Å². The van der Waals surface area contributed by atoms with Crippen LogP contribution < -0.4 is 0 Å². The average molecular weight is 281 g/mol. The van der Waals surface area contributed by atoms with E-state index in [1.807, 2.05) is 0 Å². The first-order chi connectivity index (χ1) is 6.97. The number of hydrogen-bond acceptors (Lipinski definition) is 4. The van der Waals surface area contributed by atoms with Gasteiger partial charge in [-0.2, -0.15) is 0 Å². The third-order valence-electron chi connectivity index (χ3n) is 1.52. The fourth-order valence-corrected chi connectivity index (χ4v) is 1.42. The van der Waals surface area contributed by atoms with Crippen LogP contribution in [0.4, 0.5) is 14.6 Å². The molecule has 0 unspecified atom stereocenters. The molecule has 0 aromatic carbocycles. The van der Waals surface area contributed by atoms with Gasteiger partial charge in [0.05, 0.1) is 0 Å². The van der Waals surface area contributed by atoms with Crippen LogP contribution in [0.2, 0.25) is 0 Å². The lowest BCUT2D eigenvalue weighted by Crippen LogP contribution is -2.01. The number of nitro groups is 1. The van der Waals surface area contributed by atoms with E-state index in [1.54, 1.807) is 0 Å². The highest BCUT2D eigenvalue weighted by Gasteiger charge is 2.24. The molecule has 0 aliphatic rings. The van der Waals surface area contributed by atoms with Gasteiger partial charge in [-0.15, -0.1) is 0 Å². The van der Waals surface area contributed by atoms with Crippen molar-refractivity contribution in [1.29, 1.82) is 0 Å². The number of nitrogens with zero attached hydrogens (tertiary/aromatic N) is 2. The molecule has 1 rings (SSSR count). The topological polar surface area (TPSA) is 73.1 Å². The van der Waals surface area contributed by atoms with E-state index in [4.69, 9.17) is 0 Å². The van der Waals surface area contributed by atoms with E-state index in [9.17, 15) is 23.7 Å². The maximum atomic E-state index is 12.4. The molecule has 0 amide bonds. The summed E-state index contributed by atoms with van der Waals surface area (Å²) < 4.78 is 24.4. The van der Waals surface area contributed by atoms with Gasteiger partial charge in [-0.25, -0.2) is 8.78 Å². The standard InChI is InChI=1S/C7H3BrF2N2O3/c8-5-4(6(9)10)1-3(2-13)11-7(5)12(14)15/h1-2,6H. The predicted octanol–water partition coefficient (Wildman–Crippen LogP) is 2.50. The fraction of sp³-hybridized carbons (Fsp3) is 0.143. The second-order valence-electron chi connectivity index (χ2n) is 2.45. The van der Waals surface area contributed by atoms with Crippen molar-refractivity contribution in [3.05, 3.63) is 31.9 Å². The highest BCUT2D eigenvalue weighted by Crippen LogP contribution is 2.33. The Labute approximate surface area is 90.4 Å². The summed E-state index contributed by atoms with van der Waals surface area (Å²) in [4.78, 5) is 23.1. The number of hydrogen-bond donors (Lipinski definition) is 0. The Morgan fingerprint density at radius 2 is 2.20 bits per heavy atom. The van der Waals surface area contributed by atoms with E-state index >= 15 is 0 Å². The number of rotatable bonds is 3. The van der Waals surface area contributed by atoms with Crippen LogP contribution in [-0.2, 0) is 0 Å². The summed E-state index contributed by atoms with van der Waals surface area (Å²) in [6.07, 6.45) is -2.74. The predicted molar refractivity (Wildman–Crippen MR) is 48.9 cm³/mol. The smallest absolute Gasteiger partial charge is 0.358 e. The SMILES string of the molecule is O=Cc1cc(C(F)F)c(Br)c([N+](=O)[O-])n1. The van der Waals surface area contributed by atoms with Gasteiger partial charge in [-0.1, -0.05) is 0 Å². The second kappa shape index (κ2) is 4.39. The number of carbonyl (C=O) groups is 1. The number of alkyl halides is 2. The molecule has 0 spiro atoms. The highest BCUT2D eigenvalue weighted by atomic mass is 79.9. The van der Waals surface area contributed by atoms with Crippen molar-refractivity contribution in [2.24, 2.45) is 0 Å². The molecule has 0 aliphatic carbocycles. The Balaban J connectivity index is 3.46. The summed E-state index contributed by atoms with van der Waals surface area (Å²) in [6.45, 7) is 0. The summed E-state index contributed by atoms with van der Waals surface area (Å²) in [5.74, 6) is -0.796. The van der Waals surface area contributed by atoms with Crippen molar-refractivity contribution in [2.45, 2.75) is 6.43 Å². The molecular formula is C7H3BrF2N2O3. The van der Waals surface area contributed by atoms with Crippen LogP contribution >= 0.6 is 15.9 Å². The molecule has 0 bridgehead atoms. The monoisotopic (exact) mass is 280 g/mol. The molecule has 1 aromatic heterocycles. The molecule has 8 heteroatoms. The van der Waals surface area contributed by atoms with Crippen molar-refractivity contribution in [3.8, 4) is 0 Å². The summed E-state index contributed by atoms with van der Waals surface area (Å²) in [7, 11) is 0. The summed E-state index contributed by atoms with van der Waals surface area (Å²) in [6, 6.07) is 0.800. The number of halogens is 3. The molecule has 0 saturated heterocycles. The molecular weight excluding hydrogens is 278 g/mol. The van der Waals surface area contributed by atoms with Gasteiger partial charge >= 0.3 is 5.82 Å². The molecule has 0 radical (unpaired) electrons. The van der Waals surface area contributed by atoms with Crippen molar-refractivity contribution in [3.63, 3.8) is 0 Å². The van der Waals surface area contributed by atoms with Gasteiger partial charge in [-0.3, -0.25) is 4.79 Å². The molecule has 0 atom stereocenters. The maximum absolute atomic E-state index is 12.4. The van der Waals surface area contributed by atoms with Gasteiger partial charge in [-0.05, 0) is 25.8 Å². The zero-order chi connectivity index (χ0) is 11.6. The number of carbonyl (C=O) groups excluding carboxylic acids is 1. The summed E-state index contributed by atoms with van der Waals surface area (Å²) >= 11 is 2.65. The van der Waals surface area contributed by atoms with Crippen molar-refractivity contribution in [1.82, 2.24) is 4.98 Å². The molecule has 0 saturated carbocycles. The molecule has 80 valence electrons.